The third-order valence-electron chi connectivity index (χ3n) is 7.62. The Morgan fingerprint density at radius 3 is 2.62 bits per heavy atom. The Labute approximate surface area is 229 Å². The van der Waals surface area contributed by atoms with Crippen LogP contribution in [0.15, 0.2) is 44.3 Å². The number of benzene rings is 1. The van der Waals surface area contributed by atoms with Crippen LogP contribution in [0.5, 0.6) is 5.75 Å². The Morgan fingerprint density at radius 1 is 1.18 bits per heavy atom. The lowest BCUT2D eigenvalue weighted by Crippen LogP contribution is -2.41. The van der Waals surface area contributed by atoms with Crippen LogP contribution >= 0.6 is 11.8 Å². The second kappa shape index (κ2) is 10.4. The number of hydrogen-bond acceptors (Lipinski definition) is 10. The second-order valence-corrected chi connectivity index (χ2v) is 11.8. The number of aryl methyl sites for hydroxylation is 1. The summed E-state index contributed by atoms with van der Waals surface area (Å²) in [4.78, 5) is 52.1. The summed E-state index contributed by atoms with van der Waals surface area (Å²) in [5.74, 6) is 0.980. The number of methoxy groups -OCH3 is 1. The molecule has 3 heterocycles. The monoisotopic (exact) mass is 553 g/mol. The zero-order chi connectivity index (χ0) is 27.9. The number of amides is 1. The molecule has 3 atom stereocenters. The predicted molar refractivity (Wildman–Crippen MR) is 149 cm³/mol. The number of carbonyl (C=O) groups is 2. The summed E-state index contributed by atoms with van der Waals surface area (Å²) in [5, 5.41) is 17.1. The van der Waals surface area contributed by atoms with Gasteiger partial charge in [-0.3, -0.25) is 14.4 Å². The molecule has 1 amide bonds. The van der Waals surface area contributed by atoms with Crippen molar-refractivity contribution in [3.63, 3.8) is 0 Å². The van der Waals surface area contributed by atoms with Gasteiger partial charge in [0.15, 0.2) is 5.75 Å². The molecule has 2 fully saturated rings. The number of rotatable bonds is 8. The number of thioether (sulfide) groups is 1. The van der Waals surface area contributed by atoms with E-state index in [1.807, 2.05) is 19.1 Å². The zero-order valence-corrected chi connectivity index (χ0v) is 22.9. The maximum Gasteiger partial charge on any atom is 0.328 e. The number of nitrogens with one attached hydrogen (secondary N) is 2. The van der Waals surface area contributed by atoms with Gasteiger partial charge in [0.1, 0.15) is 28.9 Å². The van der Waals surface area contributed by atoms with Crippen molar-refractivity contribution in [1.29, 1.82) is 0 Å². The molecular weight excluding hydrogens is 522 g/mol. The number of ether oxygens (including phenoxy) is 1. The first-order valence-electron chi connectivity index (χ1n) is 12.9. The van der Waals surface area contributed by atoms with Gasteiger partial charge in [-0.05, 0) is 69.5 Å². The fourth-order valence-electron chi connectivity index (χ4n) is 5.45. The molecule has 0 radical (unpaired) electrons. The van der Waals surface area contributed by atoms with E-state index in [9.17, 15) is 24.3 Å². The SMILES string of the molecule is COC(=O)[C@H]1CCCN1C(=O)c1cccc(Nc2c(N[C@@H](c3ccc(C)o3)C3(C)CCCS3)c(=O)c2=O)c1O. The van der Waals surface area contributed by atoms with Gasteiger partial charge in [-0.15, -0.1) is 0 Å². The molecular formula is C28H31N3O7S. The number of likely N-dealkylation sites (tertiary alicyclic amines) is 1. The molecule has 0 saturated carbocycles. The fraction of sp³-hybridized carbons (Fsp3) is 0.429. The van der Waals surface area contributed by atoms with Crippen molar-refractivity contribution >= 4 is 40.7 Å². The number of phenolic OH excluding ortho intramolecular Hbond substituents is 1. The van der Waals surface area contributed by atoms with Gasteiger partial charge in [0, 0.05) is 11.3 Å². The van der Waals surface area contributed by atoms with Crippen LogP contribution in [0.25, 0.3) is 0 Å². The number of anilines is 3. The van der Waals surface area contributed by atoms with Gasteiger partial charge in [0.05, 0.1) is 24.4 Å². The molecule has 2 aliphatic rings. The van der Waals surface area contributed by atoms with Crippen molar-refractivity contribution in [3.05, 3.63) is 67.9 Å². The van der Waals surface area contributed by atoms with E-state index < -0.39 is 28.8 Å². The first kappa shape index (κ1) is 26.9. The van der Waals surface area contributed by atoms with E-state index in [0.717, 1.165) is 24.4 Å². The summed E-state index contributed by atoms with van der Waals surface area (Å²) in [7, 11) is 1.27. The number of hydrogen-bond donors (Lipinski definition) is 3. The third-order valence-corrected chi connectivity index (χ3v) is 9.21. The number of aromatic hydroxyl groups is 1. The summed E-state index contributed by atoms with van der Waals surface area (Å²) in [6.45, 7) is 4.31. The summed E-state index contributed by atoms with van der Waals surface area (Å²) < 4.78 is 10.5. The van der Waals surface area contributed by atoms with E-state index in [-0.39, 0.29) is 39.2 Å². The summed E-state index contributed by atoms with van der Waals surface area (Å²) in [6.07, 6.45) is 3.04. The molecule has 0 bridgehead atoms. The van der Waals surface area contributed by atoms with E-state index in [0.29, 0.717) is 25.1 Å². The Kier molecular flexibility index (Phi) is 7.19. The molecule has 2 aromatic carbocycles. The minimum atomic E-state index is -0.725. The average molecular weight is 554 g/mol. The van der Waals surface area contributed by atoms with E-state index in [1.165, 1.54) is 24.1 Å². The first-order chi connectivity index (χ1) is 18.6. The van der Waals surface area contributed by atoms with Crippen molar-refractivity contribution in [2.24, 2.45) is 0 Å². The van der Waals surface area contributed by atoms with E-state index in [2.05, 4.69) is 17.6 Å². The van der Waals surface area contributed by atoms with Crippen molar-refractivity contribution < 1.29 is 23.8 Å². The molecule has 2 aliphatic heterocycles. The lowest BCUT2D eigenvalue weighted by Gasteiger charge is -2.34. The summed E-state index contributed by atoms with van der Waals surface area (Å²) in [6, 6.07) is 7.16. The Morgan fingerprint density at radius 2 is 1.95 bits per heavy atom. The molecule has 11 heteroatoms. The maximum absolute atomic E-state index is 13.3. The Balaban J connectivity index is 1.43. The summed E-state index contributed by atoms with van der Waals surface area (Å²) >= 11 is 1.79. The lowest BCUT2D eigenvalue weighted by atomic mass is 9.93. The van der Waals surface area contributed by atoms with Gasteiger partial charge in [-0.2, -0.15) is 11.8 Å². The van der Waals surface area contributed by atoms with Crippen molar-refractivity contribution in [2.75, 3.05) is 30.0 Å². The molecule has 1 aromatic heterocycles. The van der Waals surface area contributed by atoms with Gasteiger partial charge in [0.2, 0.25) is 0 Å². The van der Waals surface area contributed by atoms with E-state index in [4.69, 9.17) is 9.15 Å². The van der Waals surface area contributed by atoms with Crippen LogP contribution < -0.4 is 21.5 Å². The van der Waals surface area contributed by atoms with Crippen LogP contribution in [0, 0.1) is 6.92 Å². The van der Waals surface area contributed by atoms with Crippen LogP contribution in [0.3, 0.4) is 0 Å². The van der Waals surface area contributed by atoms with Crippen LogP contribution in [-0.4, -0.2) is 52.1 Å². The lowest BCUT2D eigenvalue weighted by molar-refractivity contribution is -0.145. The molecule has 39 heavy (non-hydrogen) atoms. The molecule has 10 nitrogen and oxygen atoms in total. The molecule has 206 valence electrons. The topological polar surface area (TPSA) is 138 Å². The van der Waals surface area contributed by atoms with Crippen molar-refractivity contribution in [2.45, 2.75) is 56.4 Å². The van der Waals surface area contributed by atoms with E-state index >= 15 is 0 Å². The van der Waals surface area contributed by atoms with Crippen molar-refractivity contribution in [1.82, 2.24) is 4.90 Å². The van der Waals surface area contributed by atoms with Gasteiger partial charge in [0.25, 0.3) is 16.8 Å². The van der Waals surface area contributed by atoms with Crippen LogP contribution in [0.4, 0.5) is 17.1 Å². The third kappa shape index (κ3) is 4.80. The zero-order valence-electron chi connectivity index (χ0n) is 22.0. The number of phenols is 1. The van der Waals surface area contributed by atoms with Crippen LogP contribution in [0.1, 0.15) is 60.5 Å². The molecule has 0 spiro atoms. The molecule has 1 unspecified atom stereocenters. The minimum absolute atomic E-state index is 0.00776. The highest BCUT2D eigenvalue weighted by Crippen LogP contribution is 2.48. The molecule has 2 saturated heterocycles. The molecule has 3 aromatic rings. The number of furan rings is 1. The predicted octanol–water partition coefficient (Wildman–Crippen LogP) is 3.85. The number of carbonyl (C=O) groups excluding carboxylic acids is 2. The largest absolute Gasteiger partial charge is 0.505 e. The summed E-state index contributed by atoms with van der Waals surface area (Å²) in [5.41, 5.74) is -1.21. The Hall–Kier alpha value is -3.73. The number of para-hydroxylation sites is 1. The smallest absolute Gasteiger partial charge is 0.328 e. The van der Waals surface area contributed by atoms with Gasteiger partial charge in [-0.1, -0.05) is 6.07 Å². The van der Waals surface area contributed by atoms with Gasteiger partial charge < -0.3 is 29.8 Å². The normalized spacial score (nSPS) is 21.7. The fourth-order valence-corrected chi connectivity index (χ4v) is 6.84. The van der Waals surface area contributed by atoms with E-state index in [1.54, 1.807) is 17.8 Å². The minimum Gasteiger partial charge on any atom is -0.505 e. The second-order valence-electron chi connectivity index (χ2n) is 10.2. The highest BCUT2D eigenvalue weighted by molar-refractivity contribution is 8.00. The van der Waals surface area contributed by atoms with Crippen LogP contribution in [-0.2, 0) is 9.53 Å². The van der Waals surface area contributed by atoms with Gasteiger partial charge >= 0.3 is 5.97 Å². The van der Waals surface area contributed by atoms with Crippen LogP contribution in [0.2, 0.25) is 0 Å². The molecule has 3 N–H and O–H groups in total. The molecule has 5 rings (SSSR count). The number of esters is 1. The first-order valence-corrected chi connectivity index (χ1v) is 13.9. The standard InChI is InChI=1S/C28H31N3O7S/c1-15-10-11-19(38-15)25(28(2)12-6-14-39-28)30-21-20(23(33)24(21)34)29-17-8-4-7-16(22(17)32)26(35)31-13-5-9-18(31)27(36)37-3/h4,7-8,10-11,18,25,29-30,32H,5-6,9,12-14H2,1-3H3/t18-,25+,28?/m1/s1. The van der Waals surface area contributed by atoms with Gasteiger partial charge in [-0.25, -0.2) is 4.79 Å². The Bertz CT molecular complexity index is 1480. The molecule has 0 aliphatic carbocycles. The highest BCUT2D eigenvalue weighted by Gasteiger charge is 2.42. The average Bonchev–Trinajstić information content (AvgIpc) is 3.69. The van der Waals surface area contributed by atoms with Crippen molar-refractivity contribution in [3.8, 4) is 5.75 Å². The quantitative estimate of drug-likeness (QED) is 0.214. The highest BCUT2D eigenvalue weighted by atomic mass is 32.2. The number of nitrogens with zero attached hydrogens (tertiary/aromatic N) is 1. The maximum atomic E-state index is 13.3.